The van der Waals surface area contributed by atoms with E-state index in [0.29, 0.717) is 16.6 Å². The molecule has 0 spiro atoms. The predicted octanol–water partition coefficient (Wildman–Crippen LogP) is 2.41. The van der Waals surface area contributed by atoms with Gasteiger partial charge in [0.1, 0.15) is 5.15 Å². The number of nitrogens with zero attached hydrogens (tertiary/aromatic N) is 1. The van der Waals surface area contributed by atoms with Gasteiger partial charge in [-0.05, 0) is 30.9 Å². The Morgan fingerprint density at radius 3 is 3.00 bits per heavy atom. The van der Waals surface area contributed by atoms with Gasteiger partial charge in [-0.2, -0.15) is 0 Å². The molecule has 19 heavy (non-hydrogen) atoms. The molecule has 1 aliphatic carbocycles. The van der Waals surface area contributed by atoms with E-state index in [1.54, 1.807) is 12.1 Å². The normalized spacial score (nSPS) is 27.0. The van der Waals surface area contributed by atoms with E-state index in [1.165, 1.54) is 6.20 Å². The standard InChI is InChI=1S/C14H19ClN2O2/c1-10-3-2-6-14(7-10,9-18)17-13(19)11-4-5-12(15)16-8-11/h4-5,8,10,18H,2-3,6-7,9H2,1H3,(H,17,19). The lowest BCUT2D eigenvalue weighted by Crippen LogP contribution is -2.53. The van der Waals surface area contributed by atoms with E-state index in [2.05, 4.69) is 17.2 Å². The lowest BCUT2D eigenvalue weighted by Gasteiger charge is -2.39. The number of amides is 1. The fourth-order valence-electron chi connectivity index (χ4n) is 2.78. The van der Waals surface area contributed by atoms with Gasteiger partial charge in [0, 0.05) is 6.20 Å². The van der Waals surface area contributed by atoms with Gasteiger partial charge in [0.05, 0.1) is 17.7 Å². The fourth-order valence-corrected chi connectivity index (χ4v) is 2.89. The Hall–Kier alpha value is -1.13. The number of aliphatic hydroxyl groups excluding tert-OH is 1. The van der Waals surface area contributed by atoms with Crippen molar-refractivity contribution in [1.29, 1.82) is 0 Å². The van der Waals surface area contributed by atoms with Crippen LogP contribution in [0.25, 0.3) is 0 Å². The van der Waals surface area contributed by atoms with Crippen molar-refractivity contribution in [2.24, 2.45) is 5.92 Å². The topological polar surface area (TPSA) is 62.2 Å². The lowest BCUT2D eigenvalue weighted by atomic mass is 9.76. The predicted molar refractivity (Wildman–Crippen MR) is 74.2 cm³/mol. The summed E-state index contributed by atoms with van der Waals surface area (Å²) >= 11 is 5.70. The lowest BCUT2D eigenvalue weighted by molar-refractivity contribution is 0.0697. The third kappa shape index (κ3) is 3.45. The van der Waals surface area contributed by atoms with Crippen LogP contribution < -0.4 is 5.32 Å². The van der Waals surface area contributed by atoms with E-state index in [0.717, 1.165) is 25.7 Å². The van der Waals surface area contributed by atoms with Gasteiger partial charge >= 0.3 is 0 Å². The minimum Gasteiger partial charge on any atom is -0.394 e. The summed E-state index contributed by atoms with van der Waals surface area (Å²) in [6, 6.07) is 3.23. The van der Waals surface area contributed by atoms with E-state index in [4.69, 9.17) is 11.6 Å². The summed E-state index contributed by atoms with van der Waals surface area (Å²) in [5, 5.41) is 13.0. The molecular formula is C14H19ClN2O2. The van der Waals surface area contributed by atoms with Crippen molar-refractivity contribution in [3.8, 4) is 0 Å². The number of hydrogen-bond acceptors (Lipinski definition) is 3. The van der Waals surface area contributed by atoms with Gasteiger partial charge in [-0.1, -0.05) is 31.4 Å². The Bertz CT molecular complexity index is 449. The molecule has 5 heteroatoms. The summed E-state index contributed by atoms with van der Waals surface area (Å²) in [5.74, 6) is 0.317. The molecule has 2 rings (SSSR count). The van der Waals surface area contributed by atoms with Crippen LogP contribution >= 0.6 is 11.6 Å². The molecule has 0 saturated heterocycles. The molecule has 0 bridgehead atoms. The summed E-state index contributed by atoms with van der Waals surface area (Å²) in [6.45, 7) is 2.13. The summed E-state index contributed by atoms with van der Waals surface area (Å²) in [4.78, 5) is 16.1. The fraction of sp³-hybridized carbons (Fsp3) is 0.571. The zero-order valence-corrected chi connectivity index (χ0v) is 11.8. The Kier molecular flexibility index (Phi) is 4.42. The van der Waals surface area contributed by atoms with Crippen molar-refractivity contribution in [3.05, 3.63) is 29.0 Å². The monoisotopic (exact) mass is 282 g/mol. The van der Waals surface area contributed by atoms with Gasteiger partial charge in [0.2, 0.25) is 0 Å². The SMILES string of the molecule is CC1CCCC(CO)(NC(=O)c2ccc(Cl)nc2)C1. The van der Waals surface area contributed by atoms with Crippen LogP contribution in [-0.2, 0) is 0 Å². The van der Waals surface area contributed by atoms with Gasteiger partial charge in [-0.15, -0.1) is 0 Å². The maximum Gasteiger partial charge on any atom is 0.253 e. The van der Waals surface area contributed by atoms with Crippen molar-refractivity contribution in [2.45, 2.75) is 38.1 Å². The minimum absolute atomic E-state index is 0.0237. The molecule has 2 atom stereocenters. The average molecular weight is 283 g/mol. The highest BCUT2D eigenvalue weighted by atomic mass is 35.5. The number of halogens is 1. The van der Waals surface area contributed by atoms with E-state index in [1.807, 2.05) is 0 Å². The molecule has 1 fully saturated rings. The molecule has 0 aliphatic heterocycles. The second kappa shape index (κ2) is 5.88. The number of nitrogens with one attached hydrogen (secondary N) is 1. The molecule has 2 N–H and O–H groups in total. The number of carbonyl (C=O) groups excluding carboxylic acids is 1. The molecular weight excluding hydrogens is 264 g/mol. The Morgan fingerprint density at radius 2 is 2.42 bits per heavy atom. The second-order valence-electron chi connectivity index (χ2n) is 5.46. The molecule has 4 nitrogen and oxygen atoms in total. The molecule has 2 unspecified atom stereocenters. The van der Waals surface area contributed by atoms with E-state index in [9.17, 15) is 9.90 Å². The van der Waals surface area contributed by atoms with Crippen LogP contribution in [0.2, 0.25) is 5.15 Å². The number of aliphatic hydroxyl groups is 1. The number of pyridine rings is 1. The van der Waals surface area contributed by atoms with Crippen molar-refractivity contribution in [3.63, 3.8) is 0 Å². The third-order valence-electron chi connectivity index (χ3n) is 3.76. The maximum atomic E-state index is 12.2. The van der Waals surface area contributed by atoms with Crippen LogP contribution in [0.15, 0.2) is 18.3 Å². The zero-order valence-electron chi connectivity index (χ0n) is 11.0. The molecule has 0 aromatic carbocycles. The molecule has 1 aliphatic rings. The third-order valence-corrected chi connectivity index (χ3v) is 3.99. The number of aromatic nitrogens is 1. The molecule has 104 valence electrons. The van der Waals surface area contributed by atoms with Gasteiger partial charge in [0.15, 0.2) is 0 Å². The number of rotatable bonds is 3. The largest absolute Gasteiger partial charge is 0.394 e. The average Bonchev–Trinajstić information content (AvgIpc) is 2.39. The van der Waals surface area contributed by atoms with Crippen LogP contribution in [0.4, 0.5) is 0 Å². The van der Waals surface area contributed by atoms with Crippen molar-refractivity contribution >= 4 is 17.5 Å². The maximum absolute atomic E-state index is 12.2. The van der Waals surface area contributed by atoms with Crippen molar-refractivity contribution < 1.29 is 9.90 Å². The molecule has 1 heterocycles. The highest BCUT2D eigenvalue weighted by Gasteiger charge is 2.35. The smallest absolute Gasteiger partial charge is 0.253 e. The van der Waals surface area contributed by atoms with E-state index >= 15 is 0 Å². The van der Waals surface area contributed by atoms with E-state index < -0.39 is 5.54 Å². The van der Waals surface area contributed by atoms with Crippen LogP contribution in [-0.4, -0.2) is 28.1 Å². The van der Waals surface area contributed by atoms with Gasteiger partial charge in [0.25, 0.3) is 5.91 Å². The summed E-state index contributed by atoms with van der Waals surface area (Å²) in [7, 11) is 0. The molecule has 1 saturated carbocycles. The highest BCUT2D eigenvalue weighted by molar-refractivity contribution is 6.29. The van der Waals surface area contributed by atoms with Crippen LogP contribution in [0.3, 0.4) is 0 Å². The quantitative estimate of drug-likeness (QED) is 0.837. The van der Waals surface area contributed by atoms with Crippen LogP contribution in [0.5, 0.6) is 0 Å². The van der Waals surface area contributed by atoms with Gasteiger partial charge in [-0.25, -0.2) is 4.98 Å². The van der Waals surface area contributed by atoms with Crippen molar-refractivity contribution in [1.82, 2.24) is 10.3 Å². The van der Waals surface area contributed by atoms with Gasteiger partial charge < -0.3 is 10.4 Å². The number of carbonyl (C=O) groups is 1. The summed E-state index contributed by atoms with van der Waals surface area (Å²) < 4.78 is 0. The minimum atomic E-state index is -0.492. The van der Waals surface area contributed by atoms with Crippen LogP contribution in [0.1, 0.15) is 43.0 Å². The number of hydrogen-bond donors (Lipinski definition) is 2. The molecule has 1 aromatic rings. The van der Waals surface area contributed by atoms with Gasteiger partial charge in [-0.3, -0.25) is 4.79 Å². The first-order valence-corrected chi connectivity index (χ1v) is 6.97. The first-order valence-electron chi connectivity index (χ1n) is 6.60. The summed E-state index contributed by atoms with van der Waals surface area (Å²) in [5.41, 5.74) is -0.0237. The van der Waals surface area contributed by atoms with Crippen LogP contribution in [0, 0.1) is 5.92 Å². The van der Waals surface area contributed by atoms with E-state index in [-0.39, 0.29) is 12.5 Å². The first kappa shape index (κ1) is 14.3. The van der Waals surface area contributed by atoms with Crippen molar-refractivity contribution in [2.75, 3.05) is 6.61 Å². The molecule has 1 amide bonds. The second-order valence-corrected chi connectivity index (χ2v) is 5.85. The Balaban J connectivity index is 2.09. The Morgan fingerprint density at radius 1 is 1.63 bits per heavy atom. The molecule has 0 radical (unpaired) electrons. The Labute approximate surface area is 118 Å². The summed E-state index contributed by atoms with van der Waals surface area (Å²) in [6.07, 6.45) is 5.27. The molecule has 1 aromatic heterocycles. The highest BCUT2D eigenvalue weighted by Crippen LogP contribution is 2.32. The first-order chi connectivity index (χ1) is 9.04. The zero-order chi connectivity index (χ0) is 13.9.